The number of anilines is 1. The van der Waals surface area contributed by atoms with Crippen LogP contribution in [0.15, 0.2) is 55.0 Å². The molecule has 6 heterocycles. The second-order valence-electron chi connectivity index (χ2n) is 8.17. The standard InChI is InChI=1S/C25H19FN8OS/c1-2-3-20(35)29-14-10-13(11-27-12-14)16-4-5-17-22(30-16)23(34-33-17)25-31-21-15(8-9-28-24(21)32-25)18-6-7-19(26)36-18/h4-12H,2-3H2,1H3,(H,29,35)(H,33,34)(H,28,31,32). The van der Waals surface area contributed by atoms with Crippen LogP contribution in [0.5, 0.6) is 0 Å². The first-order chi connectivity index (χ1) is 17.6. The van der Waals surface area contributed by atoms with E-state index in [1.165, 1.54) is 6.07 Å². The van der Waals surface area contributed by atoms with Gasteiger partial charge in [0.2, 0.25) is 5.91 Å². The number of nitrogens with one attached hydrogen (secondary N) is 3. The molecule has 11 heteroatoms. The third-order valence-corrected chi connectivity index (χ3v) is 6.56. The van der Waals surface area contributed by atoms with Gasteiger partial charge in [-0.2, -0.15) is 9.49 Å². The summed E-state index contributed by atoms with van der Waals surface area (Å²) in [6, 6.07) is 10.6. The van der Waals surface area contributed by atoms with E-state index in [0.29, 0.717) is 46.0 Å². The van der Waals surface area contributed by atoms with Gasteiger partial charge in [0, 0.05) is 34.8 Å². The zero-order valence-electron chi connectivity index (χ0n) is 19.0. The normalized spacial score (nSPS) is 11.4. The molecule has 178 valence electrons. The zero-order valence-corrected chi connectivity index (χ0v) is 19.9. The van der Waals surface area contributed by atoms with Crippen molar-refractivity contribution in [3.8, 4) is 33.2 Å². The summed E-state index contributed by atoms with van der Waals surface area (Å²) in [5, 5.41) is 10.0. The van der Waals surface area contributed by atoms with Crippen LogP contribution in [0.1, 0.15) is 19.8 Å². The molecule has 0 fully saturated rings. The molecule has 0 saturated carbocycles. The number of thiophene rings is 1. The molecule has 0 atom stereocenters. The molecule has 0 spiro atoms. The van der Waals surface area contributed by atoms with Gasteiger partial charge in [0.25, 0.3) is 0 Å². The third kappa shape index (κ3) is 3.99. The molecule has 6 aromatic heterocycles. The second-order valence-corrected chi connectivity index (χ2v) is 9.21. The summed E-state index contributed by atoms with van der Waals surface area (Å²) in [5.41, 5.74) is 5.95. The summed E-state index contributed by atoms with van der Waals surface area (Å²) in [6.45, 7) is 1.96. The van der Waals surface area contributed by atoms with Gasteiger partial charge in [0.05, 0.1) is 28.6 Å². The molecular weight excluding hydrogens is 479 g/mol. The summed E-state index contributed by atoms with van der Waals surface area (Å²) in [6.07, 6.45) is 6.17. The molecule has 0 aromatic carbocycles. The number of nitrogens with zero attached hydrogens (tertiary/aromatic N) is 5. The van der Waals surface area contributed by atoms with Gasteiger partial charge in [-0.05, 0) is 42.8 Å². The molecule has 6 aromatic rings. The molecule has 0 aliphatic carbocycles. The molecular formula is C25H19FN8OS. The number of fused-ring (bicyclic) bond motifs is 2. The maximum Gasteiger partial charge on any atom is 0.224 e. The van der Waals surface area contributed by atoms with Gasteiger partial charge in [0.15, 0.2) is 22.3 Å². The fourth-order valence-corrected chi connectivity index (χ4v) is 4.77. The fourth-order valence-electron chi connectivity index (χ4n) is 4.01. The van der Waals surface area contributed by atoms with E-state index in [0.717, 1.165) is 39.3 Å². The van der Waals surface area contributed by atoms with Gasteiger partial charge in [-0.15, -0.1) is 11.3 Å². The van der Waals surface area contributed by atoms with Crippen LogP contribution >= 0.6 is 11.3 Å². The molecule has 0 aliphatic rings. The Labute approximate surface area is 207 Å². The predicted octanol–water partition coefficient (Wildman–Crippen LogP) is 5.56. The Morgan fingerprint density at radius 2 is 2.06 bits per heavy atom. The highest BCUT2D eigenvalue weighted by Gasteiger charge is 2.18. The summed E-state index contributed by atoms with van der Waals surface area (Å²) < 4.78 is 13.6. The van der Waals surface area contributed by atoms with E-state index >= 15 is 0 Å². The van der Waals surface area contributed by atoms with Gasteiger partial charge >= 0.3 is 0 Å². The Bertz CT molecular complexity index is 1740. The van der Waals surface area contributed by atoms with Gasteiger partial charge in [-0.1, -0.05) is 6.92 Å². The molecule has 0 unspecified atom stereocenters. The number of amides is 1. The molecule has 36 heavy (non-hydrogen) atoms. The van der Waals surface area contributed by atoms with E-state index in [2.05, 4.69) is 35.5 Å². The summed E-state index contributed by atoms with van der Waals surface area (Å²) >= 11 is 1.06. The minimum Gasteiger partial charge on any atom is -0.335 e. The van der Waals surface area contributed by atoms with Crippen molar-refractivity contribution in [2.24, 2.45) is 0 Å². The van der Waals surface area contributed by atoms with Crippen molar-refractivity contribution in [1.29, 1.82) is 0 Å². The highest BCUT2D eigenvalue weighted by atomic mass is 32.1. The van der Waals surface area contributed by atoms with Crippen molar-refractivity contribution < 1.29 is 9.18 Å². The number of carbonyl (C=O) groups excluding carboxylic acids is 1. The first kappa shape index (κ1) is 22.0. The predicted molar refractivity (Wildman–Crippen MR) is 137 cm³/mol. The second kappa shape index (κ2) is 8.93. The minimum absolute atomic E-state index is 0.0554. The first-order valence-electron chi connectivity index (χ1n) is 11.3. The Morgan fingerprint density at radius 3 is 2.89 bits per heavy atom. The van der Waals surface area contributed by atoms with Crippen molar-refractivity contribution in [2.75, 3.05) is 5.32 Å². The number of imidazole rings is 1. The van der Waals surface area contributed by atoms with Crippen molar-refractivity contribution in [3.05, 3.63) is 60.1 Å². The van der Waals surface area contributed by atoms with E-state index in [9.17, 15) is 9.18 Å². The minimum atomic E-state index is -0.256. The molecule has 9 nitrogen and oxygen atoms in total. The molecule has 6 rings (SSSR count). The number of rotatable bonds is 6. The van der Waals surface area contributed by atoms with Crippen molar-refractivity contribution >= 4 is 45.1 Å². The average Bonchev–Trinajstić information content (AvgIpc) is 3.61. The Morgan fingerprint density at radius 1 is 1.14 bits per heavy atom. The van der Waals surface area contributed by atoms with Crippen molar-refractivity contribution in [3.63, 3.8) is 0 Å². The van der Waals surface area contributed by atoms with Gasteiger partial charge < -0.3 is 10.3 Å². The lowest BCUT2D eigenvalue weighted by Gasteiger charge is -2.06. The Balaban J connectivity index is 1.40. The van der Waals surface area contributed by atoms with E-state index in [-0.39, 0.29) is 11.0 Å². The zero-order chi connectivity index (χ0) is 24.6. The van der Waals surface area contributed by atoms with Crippen molar-refractivity contribution in [1.82, 2.24) is 35.1 Å². The SMILES string of the molecule is CCCC(=O)Nc1cncc(-c2ccc3[nH]nc(-c4nc5nccc(-c6ccc(F)s6)c5[nH]4)c3n2)c1. The van der Waals surface area contributed by atoms with Crippen LogP contribution in [0, 0.1) is 5.13 Å². The topological polar surface area (TPSA) is 125 Å². The van der Waals surface area contributed by atoms with Crippen LogP contribution in [-0.4, -0.2) is 41.0 Å². The number of hydrogen-bond acceptors (Lipinski definition) is 7. The highest BCUT2D eigenvalue weighted by Crippen LogP contribution is 2.34. The smallest absolute Gasteiger partial charge is 0.224 e. The number of H-pyrrole nitrogens is 2. The number of halogens is 1. The fraction of sp³-hybridized carbons (Fsp3) is 0.120. The molecule has 1 amide bonds. The molecule has 0 bridgehead atoms. The lowest BCUT2D eigenvalue weighted by atomic mass is 10.1. The Kier molecular flexibility index (Phi) is 5.45. The molecule has 0 saturated heterocycles. The first-order valence-corrected chi connectivity index (χ1v) is 12.1. The van der Waals surface area contributed by atoms with Crippen LogP contribution in [-0.2, 0) is 4.79 Å². The van der Waals surface area contributed by atoms with E-state index in [1.54, 1.807) is 24.7 Å². The van der Waals surface area contributed by atoms with Gasteiger partial charge in [0.1, 0.15) is 5.52 Å². The molecule has 0 aliphatic heterocycles. The molecule has 0 radical (unpaired) electrons. The number of aromatic amines is 2. The third-order valence-electron chi connectivity index (χ3n) is 5.66. The largest absolute Gasteiger partial charge is 0.335 e. The van der Waals surface area contributed by atoms with Gasteiger partial charge in [-0.3, -0.25) is 14.9 Å². The summed E-state index contributed by atoms with van der Waals surface area (Å²) in [5.74, 6) is 0.441. The number of pyridine rings is 3. The van der Waals surface area contributed by atoms with Gasteiger partial charge in [-0.25, -0.2) is 15.0 Å². The van der Waals surface area contributed by atoms with Crippen molar-refractivity contribution in [2.45, 2.75) is 19.8 Å². The average molecular weight is 499 g/mol. The van der Waals surface area contributed by atoms with Crippen LogP contribution in [0.4, 0.5) is 10.1 Å². The number of hydrogen-bond donors (Lipinski definition) is 3. The lowest BCUT2D eigenvalue weighted by molar-refractivity contribution is -0.116. The maximum absolute atomic E-state index is 13.6. The van der Waals surface area contributed by atoms with E-state index < -0.39 is 0 Å². The summed E-state index contributed by atoms with van der Waals surface area (Å²) in [4.78, 5) is 34.1. The number of carbonyl (C=O) groups is 1. The van der Waals surface area contributed by atoms with Crippen LogP contribution in [0.25, 0.3) is 55.4 Å². The van der Waals surface area contributed by atoms with E-state index in [1.807, 2.05) is 31.2 Å². The van der Waals surface area contributed by atoms with Crippen LogP contribution < -0.4 is 5.32 Å². The number of aromatic nitrogens is 7. The quantitative estimate of drug-likeness (QED) is 0.276. The van der Waals surface area contributed by atoms with Crippen LogP contribution in [0.3, 0.4) is 0 Å². The summed E-state index contributed by atoms with van der Waals surface area (Å²) in [7, 11) is 0. The lowest BCUT2D eigenvalue weighted by Crippen LogP contribution is -2.10. The van der Waals surface area contributed by atoms with E-state index in [4.69, 9.17) is 4.98 Å². The monoisotopic (exact) mass is 498 g/mol. The molecule has 3 N–H and O–H groups in total. The highest BCUT2D eigenvalue weighted by molar-refractivity contribution is 7.14. The Hall–Kier alpha value is -4.51. The van der Waals surface area contributed by atoms with Crippen LogP contribution in [0.2, 0.25) is 0 Å². The maximum atomic E-state index is 13.6.